The molecule has 4 bridgehead atoms. The van der Waals surface area contributed by atoms with E-state index in [1.165, 1.54) is 24.4 Å². The number of benzene rings is 1. The molecule has 4 rings (SSSR count). The molecule has 1 aromatic rings. The van der Waals surface area contributed by atoms with Crippen LogP contribution < -0.4 is 19.7 Å². The van der Waals surface area contributed by atoms with E-state index in [-0.39, 0.29) is 48.2 Å². The number of likely N-dealkylation sites (N-methyl/N-ethyl adjacent to an activating group) is 1. The van der Waals surface area contributed by atoms with Crippen molar-refractivity contribution in [2.75, 3.05) is 39.0 Å². The first-order valence-corrected chi connectivity index (χ1v) is 17.0. The molecule has 12 heteroatoms. The van der Waals surface area contributed by atoms with Crippen LogP contribution in [0.25, 0.3) is 0 Å². The van der Waals surface area contributed by atoms with Crippen LogP contribution in [0.2, 0.25) is 0 Å². The Balaban J connectivity index is 0.000000444. The number of aliphatic carboxylic acids is 1. The van der Waals surface area contributed by atoms with Crippen LogP contribution in [0.3, 0.4) is 0 Å². The number of ether oxygens (including phenoxy) is 4. The highest BCUT2D eigenvalue weighted by Crippen LogP contribution is 2.48. The first kappa shape index (κ1) is 38.8. The van der Waals surface area contributed by atoms with E-state index in [4.69, 9.17) is 24.1 Å². The molecule has 0 aromatic heterocycles. The normalized spacial score (nSPS) is 28.1. The summed E-state index contributed by atoms with van der Waals surface area (Å²) in [5, 5.41) is 11.5. The highest BCUT2D eigenvalue weighted by molar-refractivity contribution is 7.80. The summed E-state index contributed by atoms with van der Waals surface area (Å²) in [6, 6.07) is 3.47. The SMILES string of the molecule is C=C1CC[C@]2(C)O[C@H]2[C@H](C)C2CC(C/C=C/C=C(\C)Cc3cc(OC)c(OC)c(c3)N1C)NC(=O)O2.C[C@@H](C(=O)O)N(C)C(=O)CCS. The summed E-state index contributed by atoms with van der Waals surface area (Å²) in [6.07, 6.45) is 10.0. The lowest BCUT2D eigenvalue weighted by Gasteiger charge is -2.33. The van der Waals surface area contributed by atoms with E-state index in [1.807, 2.05) is 13.1 Å². The smallest absolute Gasteiger partial charge is 0.407 e. The Labute approximate surface area is 290 Å². The molecule has 3 aliphatic heterocycles. The molecule has 2 N–H and O–H groups in total. The van der Waals surface area contributed by atoms with Crippen molar-refractivity contribution < 1.29 is 38.4 Å². The van der Waals surface area contributed by atoms with Crippen LogP contribution in [0.4, 0.5) is 10.5 Å². The maximum Gasteiger partial charge on any atom is 0.407 e. The van der Waals surface area contributed by atoms with E-state index < -0.39 is 12.0 Å². The average Bonchev–Trinajstić information content (AvgIpc) is 3.74. The van der Waals surface area contributed by atoms with Gasteiger partial charge >= 0.3 is 12.1 Å². The fraction of sp³-hybridized carbons (Fsp3) is 0.583. The third-order valence-electron chi connectivity index (χ3n) is 9.44. The van der Waals surface area contributed by atoms with Crippen LogP contribution in [-0.2, 0) is 25.5 Å². The summed E-state index contributed by atoms with van der Waals surface area (Å²) in [6.45, 7) is 12.2. The number of carbonyl (C=O) groups is 3. The molecule has 2 amide bonds. The number of methoxy groups -OCH3 is 2. The number of hydrogen-bond donors (Lipinski definition) is 3. The van der Waals surface area contributed by atoms with Crippen LogP contribution in [0.1, 0.15) is 65.4 Å². The topological polar surface area (TPSA) is 130 Å². The van der Waals surface area contributed by atoms with Gasteiger partial charge in [0.2, 0.25) is 5.91 Å². The number of carboxylic acids is 1. The molecule has 266 valence electrons. The third-order valence-corrected chi connectivity index (χ3v) is 9.67. The third kappa shape index (κ3) is 9.95. The minimum Gasteiger partial charge on any atom is -0.493 e. The van der Waals surface area contributed by atoms with Gasteiger partial charge in [-0.25, -0.2) is 9.59 Å². The second-order valence-electron chi connectivity index (χ2n) is 13.1. The first-order chi connectivity index (χ1) is 22.6. The largest absolute Gasteiger partial charge is 0.493 e. The number of anilines is 1. The van der Waals surface area contributed by atoms with Gasteiger partial charge in [-0.1, -0.05) is 37.3 Å². The number of allylic oxidation sites excluding steroid dienone is 4. The zero-order valence-electron chi connectivity index (χ0n) is 29.6. The van der Waals surface area contributed by atoms with E-state index in [9.17, 15) is 14.4 Å². The lowest BCUT2D eigenvalue weighted by molar-refractivity contribution is -0.148. The van der Waals surface area contributed by atoms with Gasteiger partial charge < -0.3 is 39.2 Å². The fourth-order valence-corrected chi connectivity index (χ4v) is 6.30. The predicted molar refractivity (Wildman–Crippen MR) is 190 cm³/mol. The monoisotopic (exact) mass is 687 g/mol. The second-order valence-corrected chi connectivity index (χ2v) is 13.5. The van der Waals surface area contributed by atoms with Crippen molar-refractivity contribution in [2.45, 2.75) is 96.1 Å². The van der Waals surface area contributed by atoms with Crippen molar-refractivity contribution in [2.24, 2.45) is 5.92 Å². The van der Waals surface area contributed by atoms with Crippen molar-refractivity contribution in [3.63, 3.8) is 0 Å². The predicted octanol–water partition coefficient (Wildman–Crippen LogP) is 5.78. The van der Waals surface area contributed by atoms with E-state index in [0.29, 0.717) is 17.3 Å². The van der Waals surface area contributed by atoms with Gasteiger partial charge in [0.15, 0.2) is 11.5 Å². The molecule has 3 aliphatic rings. The molecule has 11 nitrogen and oxygen atoms in total. The molecule has 6 atom stereocenters. The van der Waals surface area contributed by atoms with Gasteiger partial charge in [0, 0.05) is 44.6 Å². The summed E-state index contributed by atoms with van der Waals surface area (Å²) >= 11 is 3.88. The van der Waals surface area contributed by atoms with Gasteiger partial charge in [0.05, 0.1) is 31.6 Å². The molecule has 2 saturated heterocycles. The molecule has 0 saturated carbocycles. The van der Waals surface area contributed by atoms with E-state index in [0.717, 1.165) is 49.1 Å². The Bertz CT molecular complexity index is 1400. The Morgan fingerprint density at radius 1 is 1.29 bits per heavy atom. The number of hydrogen-bond acceptors (Lipinski definition) is 9. The number of epoxide rings is 1. The van der Waals surface area contributed by atoms with Crippen LogP contribution in [0.5, 0.6) is 11.5 Å². The summed E-state index contributed by atoms with van der Waals surface area (Å²) < 4.78 is 23.3. The quantitative estimate of drug-likeness (QED) is 0.252. The zero-order chi connectivity index (χ0) is 35.8. The van der Waals surface area contributed by atoms with Crippen molar-refractivity contribution >= 4 is 36.3 Å². The van der Waals surface area contributed by atoms with Gasteiger partial charge in [-0.3, -0.25) is 4.79 Å². The number of carbonyl (C=O) groups excluding carboxylic acids is 2. The lowest BCUT2D eigenvalue weighted by atomic mass is 9.86. The summed E-state index contributed by atoms with van der Waals surface area (Å²) in [4.78, 5) is 37.1. The Morgan fingerprint density at radius 3 is 2.62 bits per heavy atom. The maximum absolute atomic E-state index is 12.3. The Kier molecular flexibility index (Phi) is 13.9. The molecule has 1 aromatic carbocycles. The van der Waals surface area contributed by atoms with Crippen LogP contribution in [0, 0.1) is 5.92 Å². The average molecular weight is 688 g/mol. The van der Waals surface area contributed by atoms with E-state index in [2.05, 4.69) is 74.5 Å². The molecule has 48 heavy (non-hydrogen) atoms. The number of thiol groups is 1. The highest BCUT2D eigenvalue weighted by Gasteiger charge is 2.57. The summed E-state index contributed by atoms with van der Waals surface area (Å²) in [7, 11) is 6.82. The van der Waals surface area contributed by atoms with Crippen LogP contribution >= 0.6 is 12.6 Å². The van der Waals surface area contributed by atoms with Crippen molar-refractivity contribution in [1.82, 2.24) is 10.2 Å². The molecule has 2 unspecified atom stereocenters. The molecule has 0 radical (unpaired) electrons. The molecule has 3 heterocycles. The lowest BCUT2D eigenvalue weighted by Crippen LogP contribution is -2.48. The van der Waals surface area contributed by atoms with Gasteiger partial charge in [-0.05, 0) is 69.9 Å². The van der Waals surface area contributed by atoms with Crippen molar-refractivity contribution in [1.29, 1.82) is 0 Å². The summed E-state index contributed by atoms with van der Waals surface area (Å²) in [5.41, 5.74) is 3.99. The van der Waals surface area contributed by atoms with Gasteiger partial charge in [-0.15, -0.1) is 0 Å². The molecule has 0 spiro atoms. The van der Waals surface area contributed by atoms with Crippen molar-refractivity contribution in [3.8, 4) is 11.5 Å². The number of rotatable bonds is 6. The maximum atomic E-state index is 12.3. The Morgan fingerprint density at radius 2 is 2.00 bits per heavy atom. The standard InChI is InChI=1S/C29H40N2O5.C7H13NO3S/c1-18-10-8-9-11-22-17-24(35-28(32)30-22)20(3)27-29(4,36-27)13-12-19(2)31(5)23-15-21(14-18)16-25(33-6)26(23)34-7;1-5(7(10)11)8(2)6(9)3-4-12/h8-10,15-16,20,22,24,27H,2,11-14,17H2,1,3-7H3,(H,30,32);5,12H,3-4H2,1-2H3,(H,10,11)/b9-8+,18-10+;/t20-,22?,24?,27+,29+;5-/m10/s1. The van der Waals surface area contributed by atoms with Gasteiger partial charge in [0.1, 0.15) is 12.1 Å². The number of nitrogens with one attached hydrogen (secondary N) is 1. The van der Waals surface area contributed by atoms with Crippen LogP contribution in [-0.4, -0.2) is 91.9 Å². The van der Waals surface area contributed by atoms with Gasteiger partial charge in [-0.2, -0.15) is 12.6 Å². The number of amides is 2. The minimum atomic E-state index is -0.995. The number of nitrogens with zero attached hydrogens (tertiary/aromatic N) is 2. The minimum absolute atomic E-state index is 0.0494. The number of carboxylic acid groups (broad SMARTS) is 1. The summed E-state index contributed by atoms with van der Waals surface area (Å²) in [5.74, 6) is 0.761. The molecule has 0 aliphatic carbocycles. The van der Waals surface area contributed by atoms with Crippen molar-refractivity contribution in [3.05, 3.63) is 53.8 Å². The molecular weight excluding hydrogens is 634 g/mol. The first-order valence-electron chi connectivity index (χ1n) is 16.4. The fourth-order valence-electron chi connectivity index (χ4n) is 6.11. The Hall–Kier alpha value is -3.64. The van der Waals surface area contributed by atoms with E-state index >= 15 is 0 Å². The van der Waals surface area contributed by atoms with Gasteiger partial charge in [0.25, 0.3) is 0 Å². The highest BCUT2D eigenvalue weighted by atomic mass is 32.1. The molecular formula is C36H53N3O8S. The van der Waals surface area contributed by atoms with E-state index in [1.54, 1.807) is 14.2 Å². The second kappa shape index (κ2) is 17.1. The zero-order valence-corrected chi connectivity index (χ0v) is 30.5. The molecule has 2 fully saturated rings. The number of fused-ring (bicyclic) bond motifs is 5. The number of alkyl carbamates (subject to hydrolysis) is 1. The van der Waals surface area contributed by atoms with Crippen LogP contribution in [0.15, 0.2) is 48.2 Å².